The average molecular weight is 218 g/mol. The maximum Gasteiger partial charge on any atom is 0.242 e. The molecule has 0 aliphatic rings. The minimum atomic E-state index is -1.48. The number of nitrogens with two attached hydrogens (primary N) is 1. The van der Waals surface area contributed by atoms with Crippen molar-refractivity contribution in [2.75, 3.05) is 7.11 Å². The van der Waals surface area contributed by atoms with Crippen LogP contribution in [0.1, 0.15) is 10.4 Å². The standard InChI is InChI=1S/C11H10N2O3/c1-16-9-5-3-2-4-7(9)10(14)8(6-12)11(13)15/h2-5,8H,1H3,(H2,13,15). The van der Waals surface area contributed by atoms with Crippen molar-refractivity contribution in [2.45, 2.75) is 0 Å². The summed E-state index contributed by atoms with van der Waals surface area (Å²) >= 11 is 0. The molecule has 1 unspecified atom stereocenters. The summed E-state index contributed by atoms with van der Waals surface area (Å²) in [4.78, 5) is 22.7. The van der Waals surface area contributed by atoms with Crippen LogP contribution in [0.2, 0.25) is 0 Å². The van der Waals surface area contributed by atoms with Crippen molar-refractivity contribution in [3.63, 3.8) is 0 Å². The van der Waals surface area contributed by atoms with Gasteiger partial charge in [-0.25, -0.2) is 0 Å². The third-order valence-electron chi connectivity index (χ3n) is 2.05. The largest absolute Gasteiger partial charge is 0.496 e. The molecular weight excluding hydrogens is 208 g/mol. The highest BCUT2D eigenvalue weighted by Gasteiger charge is 2.27. The molecule has 0 heterocycles. The van der Waals surface area contributed by atoms with E-state index < -0.39 is 17.6 Å². The number of primary amides is 1. The number of ether oxygens (including phenoxy) is 1. The van der Waals surface area contributed by atoms with Crippen LogP contribution in [0.15, 0.2) is 24.3 Å². The van der Waals surface area contributed by atoms with Crippen LogP contribution in [0.25, 0.3) is 0 Å². The second-order valence-electron chi connectivity index (χ2n) is 3.03. The van der Waals surface area contributed by atoms with E-state index in [2.05, 4.69) is 0 Å². The van der Waals surface area contributed by atoms with E-state index in [0.29, 0.717) is 5.75 Å². The summed E-state index contributed by atoms with van der Waals surface area (Å²) in [6.45, 7) is 0. The number of carbonyl (C=O) groups excluding carboxylic acids is 2. The Morgan fingerprint density at radius 1 is 1.44 bits per heavy atom. The first-order chi connectivity index (χ1) is 7.61. The molecule has 5 nitrogen and oxygen atoms in total. The second kappa shape index (κ2) is 4.94. The summed E-state index contributed by atoms with van der Waals surface area (Å²) in [5.41, 5.74) is 5.13. The van der Waals surface area contributed by atoms with Gasteiger partial charge in [0, 0.05) is 0 Å². The smallest absolute Gasteiger partial charge is 0.242 e. The third-order valence-corrected chi connectivity index (χ3v) is 2.05. The summed E-state index contributed by atoms with van der Waals surface area (Å²) in [7, 11) is 1.40. The van der Waals surface area contributed by atoms with Crippen molar-refractivity contribution in [3.8, 4) is 11.8 Å². The fourth-order valence-electron chi connectivity index (χ4n) is 1.26. The highest BCUT2D eigenvalue weighted by atomic mass is 16.5. The molecule has 0 saturated carbocycles. The molecule has 0 aliphatic carbocycles. The molecule has 1 aromatic carbocycles. The summed E-state index contributed by atoms with van der Waals surface area (Å²) in [5, 5.41) is 8.68. The van der Waals surface area contributed by atoms with E-state index in [1.54, 1.807) is 24.3 Å². The fraction of sp³-hybridized carbons (Fsp3) is 0.182. The first-order valence-electron chi connectivity index (χ1n) is 4.48. The summed E-state index contributed by atoms with van der Waals surface area (Å²) in [5.74, 6) is -2.77. The van der Waals surface area contributed by atoms with Crippen LogP contribution in [-0.2, 0) is 4.79 Å². The predicted octanol–water partition coefficient (Wildman–Crippen LogP) is 0.503. The van der Waals surface area contributed by atoms with Gasteiger partial charge in [-0.05, 0) is 12.1 Å². The number of hydrogen-bond donors (Lipinski definition) is 1. The zero-order valence-electron chi connectivity index (χ0n) is 8.64. The van der Waals surface area contributed by atoms with Gasteiger partial charge >= 0.3 is 0 Å². The second-order valence-corrected chi connectivity index (χ2v) is 3.03. The summed E-state index contributed by atoms with van der Waals surface area (Å²) in [6, 6.07) is 7.92. The molecule has 2 N–H and O–H groups in total. The number of nitrogens with zero attached hydrogens (tertiary/aromatic N) is 1. The van der Waals surface area contributed by atoms with E-state index in [9.17, 15) is 9.59 Å². The number of nitriles is 1. The van der Waals surface area contributed by atoms with Crippen LogP contribution in [0, 0.1) is 17.2 Å². The van der Waals surface area contributed by atoms with Crippen LogP contribution < -0.4 is 10.5 Å². The van der Waals surface area contributed by atoms with Crippen LogP contribution in [0.4, 0.5) is 0 Å². The van der Waals surface area contributed by atoms with Gasteiger partial charge in [0.25, 0.3) is 0 Å². The van der Waals surface area contributed by atoms with Gasteiger partial charge in [0.05, 0.1) is 18.7 Å². The summed E-state index contributed by atoms with van der Waals surface area (Å²) in [6.07, 6.45) is 0. The van der Waals surface area contributed by atoms with E-state index in [1.807, 2.05) is 0 Å². The van der Waals surface area contributed by atoms with Gasteiger partial charge < -0.3 is 10.5 Å². The molecule has 0 fully saturated rings. The number of hydrogen-bond acceptors (Lipinski definition) is 4. The molecule has 0 radical (unpaired) electrons. The van der Waals surface area contributed by atoms with Crippen LogP contribution >= 0.6 is 0 Å². The Morgan fingerprint density at radius 3 is 2.56 bits per heavy atom. The molecule has 1 aromatic rings. The lowest BCUT2D eigenvalue weighted by atomic mass is 9.98. The lowest BCUT2D eigenvalue weighted by Crippen LogP contribution is -2.29. The van der Waals surface area contributed by atoms with Gasteiger partial charge in [-0.15, -0.1) is 0 Å². The monoisotopic (exact) mass is 218 g/mol. The van der Waals surface area contributed by atoms with Gasteiger partial charge in [-0.2, -0.15) is 5.26 Å². The maximum atomic E-state index is 11.8. The molecule has 1 atom stereocenters. The highest BCUT2D eigenvalue weighted by molar-refractivity contribution is 6.12. The van der Waals surface area contributed by atoms with Crippen molar-refractivity contribution in [3.05, 3.63) is 29.8 Å². The number of rotatable bonds is 4. The molecular formula is C11H10N2O3. The van der Waals surface area contributed by atoms with Crippen LogP contribution in [0.3, 0.4) is 0 Å². The lowest BCUT2D eigenvalue weighted by Gasteiger charge is -2.08. The Morgan fingerprint density at radius 2 is 2.06 bits per heavy atom. The van der Waals surface area contributed by atoms with Crippen LogP contribution in [-0.4, -0.2) is 18.8 Å². The van der Waals surface area contributed by atoms with E-state index in [1.165, 1.54) is 13.2 Å². The minimum Gasteiger partial charge on any atom is -0.496 e. The average Bonchev–Trinajstić information content (AvgIpc) is 2.29. The molecule has 1 amide bonds. The van der Waals surface area contributed by atoms with Gasteiger partial charge in [-0.1, -0.05) is 12.1 Å². The van der Waals surface area contributed by atoms with E-state index >= 15 is 0 Å². The quantitative estimate of drug-likeness (QED) is 0.588. The molecule has 0 saturated heterocycles. The van der Waals surface area contributed by atoms with Crippen molar-refractivity contribution >= 4 is 11.7 Å². The van der Waals surface area contributed by atoms with Crippen molar-refractivity contribution in [1.29, 1.82) is 5.26 Å². The Labute approximate surface area is 92.4 Å². The molecule has 0 bridgehead atoms. The number of ketones is 1. The Kier molecular flexibility index (Phi) is 3.62. The zero-order chi connectivity index (χ0) is 12.1. The van der Waals surface area contributed by atoms with Crippen LogP contribution in [0.5, 0.6) is 5.75 Å². The molecule has 0 spiro atoms. The van der Waals surface area contributed by atoms with Crippen molar-refractivity contribution in [2.24, 2.45) is 11.7 Å². The van der Waals surface area contributed by atoms with E-state index in [4.69, 9.17) is 15.7 Å². The SMILES string of the molecule is COc1ccccc1C(=O)C(C#N)C(N)=O. The number of carbonyl (C=O) groups is 2. The van der Waals surface area contributed by atoms with Gasteiger partial charge in [0.15, 0.2) is 11.7 Å². The van der Waals surface area contributed by atoms with Crippen molar-refractivity contribution in [1.82, 2.24) is 0 Å². The Balaban J connectivity index is 3.14. The topological polar surface area (TPSA) is 93.2 Å². The first-order valence-corrected chi connectivity index (χ1v) is 4.48. The molecule has 5 heteroatoms. The number of Topliss-reactive ketones (excluding diaryl/α,β-unsaturated/α-hetero) is 1. The lowest BCUT2D eigenvalue weighted by molar-refractivity contribution is -0.119. The normalized spacial score (nSPS) is 11.2. The maximum absolute atomic E-state index is 11.8. The van der Waals surface area contributed by atoms with Gasteiger partial charge in [-0.3, -0.25) is 9.59 Å². The van der Waals surface area contributed by atoms with E-state index in [0.717, 1.165) is 0 Å². The molecule has 0 aromatic heterocycles. The molecule has 82 valence electrons. The number of amides is 1. The molecule has 0 aliphatic heterocycles. The molecule has 1 rings (SSSR count). The predicted molar refractivity (Wildman–Crippen MR) is 55.6 cm³/mol. The fourth-order valence-corrected chi connectivity index (χ4v) is 1.26. The van der Waals surface area contributed by atoms with Gasteiger partial charge in [0.2, 0.25) is 5.91 Å². The zero-order valence-corrected chi connectivity index (χ0v) is 8.64. The third kappa shape index (κ3) is 2.17. The van der Waals surface area contributed by atoms with E-state index in [-0.39, 0.29) is 5.56 Å². The molecule has 16 heavy (non-hydrogen) atoms. The number of benzene rings is 1. The summed E-state index contributed by atoms with van der Waals surface area (Å²) < 4.78 is 4.96. The van der Waals surface area contributed by atoms with Gasteiger partial charge in [0.1, 0.15) is 5.75 Å². The highest BCUT2D eigenvalue weighted by Crippen LogP contribution is 2.20. The number of para-hydroxylation sites is 1. The Hall–Kier alpha value is -2.35. The number of methoxy groups -OCH3 is 1. The minimum absolute atomic E-state index is 0.176. The Bertz CT molecular complexity index is 463. The van der Waals surface area contributed by atoms with Crippen molar-refractivity contribution < 1.29 is 14.3 Å². The first kappa shape index (κ1) is 11.7.